The predicted molar refractivity (Wildman–Crippen MR) is 89.0 cm³/mol. The molecule has 2 aliphatic rings. The Labute approximate surface area is 138 Å². The maximum Gasteiger partial charge on any atom is 0.261 e. The van der Waals surface area contributed by atoms with E-state index in [4.69, 9.17) is 28.2 Å². The van der Waals surface area contributed by atoms with E-state index in [1.807, 2.05) is 4.57 Å². The van der Waals surface area contributed by atoms with Crippen LogP contribution >= 0.6 is 23.2 Å². The highest BCUT2D eigenvalue weighted by atomic mass is 35.5. The Kier molecular flexibility index (Phi) is 3.44. The van der Waals surface area contributed by atoms with Gasteiger partial charge >= 0.3 is 0 Å². The molecular weight excluding hydrogens is 321 g/mol. The average molecular weight is 338 g/mol. The van der Waals surface area contributed by atoms with Crippen LogP contribution in [0.15, 0.2) is 16.9 Å². The second-order valence-corrected chi connectivity index (χ2v) is 7.11. The molecule has 0 bridgehead atoms. The Morgan fingerprint density at radius 3 is 2.77 bits per heavy atom. The highest BCUT2D eigenvalue weighted by Crippen LogP contribution is 2.36. The molecule has 1 fully saturated rings. The van der Waals surface area contributed by atoms with Crippen LogP contribution in [0.1, 0.15) is 31.0 Å². The van der Waals surface area contributed by atoms with Gasteiger partial charge in [-0.15, -0.1) is 0 Å². The van der Waals surface area contributed by atoms with Crippen LogP contribution in [0.4, 0.5) is 0 Å². The van der Waals surface area contributed by atoms with Crippen molar-refractivity contribution in [2.75, 3.05) is 13.6 Å². The molecule has 4 rings (SSSR count). The van der Waals surface area contributed by atoms with Crippen LogP contribution in [-0.4, -0.2) is 34.1 Å². The molecule has 2 aromatic rings. The minimum atomic E-state index is 0.00485. The quantitative estimate of drug-likeness (QED) is 0.740. The Hall–Kier alpha value is -1.10. The summed E-state index contributed by atoms with van der Waals surface area (Å²) in [5.41, 5.74) is 0.657. The lowest BCUT2D eigenvalue weighted by Crippen LogP contribution is -2.47. The van der Waals surface area contributed by atoms with Gasteiger partial charge in [-0.2, -0.15) is 0 Å². The van der Waals surface area contributed by atoms with Crippen molar-refractivity contribution in [1.82, 2.24) is 14.5 Å². The molecule has 2 aliphatic heterocycles. The maximum absolute atomic E-state index is 12.8. The normalized spacial score (nSPS) is 25.0. The second kappa shape index (κ2) is 5.22. The number of aromatic nitrogens is 2. The first-order chi connectivity index (χ1) is 10.6. The molecular formula is C16H17Cl2N3O. The molecule has 6 heteroatoms. The number of rotatable bonds is 0. The van der Waals surface area contributed by atoms with Crippen molar-refractivity contribution < 1.29 is 0 Å². The zero-order valence-electron chi connectivity index (χ0n) is 12.4. The monoisotopic (exact) mass is 337 g/mol. The van der Waals surface area contributed by atoms with Crippen LogP contribution in [0.2, 0.25) is 10.0 Å². The number of piperidine rings is 1. The third-order valence-corrected chi connectivity index (χ3v) is 5.78. The van der Waals surface area contributed by atoms with Gasteiger partial charge in [-0.3, -0.25) is 9.36 Å². The zero-order valence-corrected chi connectivity index (χ0v) is 13.9. The van der Waals surface area contributed by atoms with Gasteiger partial charge in [-0.25, -0.2) is 4.98 Å². The highest BCUT2D eigenvalue weighted by molar-refractivity contribution is 6.42. The number of hydrogen-bond acceptors (Lipinski definition) is 3. The summed E-state index contributed by atoms with van der Waals surface area (Å²) in [7, 11) is 2.17. The molecule has 0 aliphatic carbocycles. The van der Waals surface area contributed by atoms with Gasteiger partial charge in [0.15, 0.2) is 0 Å². The van der Waals surface area contributed by atoms with Gasteiger partial charge in [-0.05, 0) is 45.0 Å². The van der Waals surface area contributed by atoms with Gasteiger partial charge in [0, 0.05) is 18.5 Å². The van der Waals surface area contributed by atoms with Crippen molar-refractivity contribution in [2.45, 2.75) is 37.8 Å². The van der Waals surface area contributed by atoms with Crippen molar-refractivity contribution in [3.05, 3.63) is 38.4 Å². The van der Waals surface area contributed by atoms with Crippen molar-refractivity contribution in [3.8, 4) is 0 Å². The summed E-state index contributed by atoms with van der Waals surface area (Å²) in [6.45, 7) is 1.85. The lowest BCUT2D eigenvalue weighted by molar-refractivity contribution is 0.123. The van der Waals surface area contributed by atoms with Crippen molar-refractivity contribution >= 4 is 34.1 Å². The van der Waals surface area contributed by atoms with E-state index in [1.54, 1.807) is 12.1 Å². The molecule has 0 unspecified atom stereocenters. The van der Waals surface area contributed by atoms with Gasteiger partial charge in [0.05, 0.1) is 20.9 Å². The minimum absolute atomic E-state index is 0.00485. The Bertz CT molecular complexity index is 817. The number of fused-ring (bicyclic) bond motifs is 4. The molecule has 2 atom stereocenters. The fourth-order valence-corrected chi connectivity index (χ4v) is 4.26. The van der Waals surface area contributed by atoms with Gasteiger partial charge in [0.25, 0.3) is 5.56 Å². The van der Waals surface area contributed by atoms with E-state index < -0.39 is 0 Å². The number of nitrogens with zero attached hydrogens (tertiary/aromatic N) is 3. The summed E-state index contributed by atoms with van der Waals surface area (Å²) in [6, 6.07) is 3.83. The molecule has 0 amide bonds. The summed E-state index contributed by atoms with van der Waals surface area (Å²) in [4.78, 5) is 20.0. The first kappa shape index (κ1) is 14.5. The molecule has 1 aromatic heterocycles. The Morgan fingerprint density at radius 1 is 1.18 bits per heavy atom. The van der Waals surface area contributed by atoms with E-state index in [0.717, 1.165) is 38.2 Å². The summed E-state index contributed by atoms with van der Waals surface area (Å²) < 4.78 is 1.84. The summed E-state index contributed by atoms with van der Waals surface area (Å²) in [5.74, 6) is 1.25. The SMILES string of the molecule is CN1CCC[C@H]2c3nc4cc(Cl)c(Cl)cc4c(=O)n3CC[C@@H]21. The number of likely N-dealkylation sites (N-methyl/N-ethyl adjacent to an activating group) is 1. The molecule has 0 spiro atoms. The number of likely N-dealkylation sites (tertiary alicyclic amines) is 1. The largest absolute Gasteiger partial charge is 0.303 e. The van der Waals surface area contributed by atoms with Crippen molar-refractivity contribution in [3.63, 3.8) is 0 Å². The van der Waals surface area contributed by atoms with Gasteiger partial charge in [0.2, 0.25) is 0 Å². The first-order valence-electron chi connectivity index (χ1n) is 7.66. The molecule has 0 N–H and O–H groups in total. The zero-order chi connectivity index (χ0) is 15.4. The fraction of sp³-hybridized carbons (Fsp3) is 0.500. The van der Waals surface area contributed by atoms with E-state index in [-0.39, 0.29) is 5.56 Å². The lowest BCUT2D eigenvalue weighted by Gasteiger charge is -2.42. The van der Waals surface area contributed by atoms with Gasteiger partial charge in [-0.1, -0.05) is 23.2 Å². The average Bonchev–Trinajstić information content (AvgIpc) is 2.50. The maximum atomic E-state index is 12.8. The molecule has 1 aromatic carbocycles. The van der Waals surface area contributed by atoms with E-state index in [0.29, 0.717) is 32.9 Å². The predicted octanol–water partition coefficient (Wildman–Crippen LogP) is 3.28. The van der Waals surface area contributed by atoms with Crippen LogP contribution < -0.4 is 5.56 Å². The third kappa shape index (κ3) is 2.08. The first-order valence-corrected chi connectivity index (χ1v) is 8.41. The Balaban J connectivity index is 1.95. The molecule has 3 heterocycles. The van der Waals surface area contributed by atoms with E-state index in [9.17, 15) is 4.79 Å². The van der Waals surface area contributed by atoms with Crippen LogP contribution in [-0.2, 0) is 6.54 Å². The molecule has 116 valence electrons. The summed E-state index contributed by atoms with van der Waals surface area (Å²) in [5, 5.41) is 1.40. The molecule has 22 heavy (non-hydrogen) atoms. The topological polar surface area (TPSA) is 38.1 Å². The number of hydrogen-bond donors (Lipinski definition) is 0. The van der Waals surface area contributed by atoms with Crippen LogP contribution in [0, 0.1) is 0 Å². The molecule has 0 saturated carbocycles. The number of halogens is 2. The van der Waals surface area contributed by atoms with Crippen LogP contribution in [0.25, 0.3) is 10.9 Å². The van der Waals surface area contributed by atoms with Crippen molar-refractivity contribution in [2.24, 2.45) is 0 Å². The smallest absolute Gasteiger partial charge is 0.261 e. The van der Waals surface area contributed by atoms with Crippen LogP contribution in [0.3, 0.4) is 0 Å². The second-order valence-electron chi connectivity index (χ2n) is 6.30. The number of benzene rings is 1. The van der Waals surface area contributed by atoms with E-state index >= 15 is 0 Å². The Morgan fingerprint density at radius 2 is 1.95 bits per heavy atom. The van der Waals surface area contributed by atoms with E-state index in [2.05, 4.69) is 11.9 Å². The van der Waals surface area contributed by atoms with Gasteiger partial charge in [0.1, 0.15) is 5.82 Å². The molecule has 0 radical (unpaired) electrons. The van der Waals surface area contributed by atoms with E-state index in [1.165, 1.54) is 0 Å². The molecule has 4 nitrogen and oxygen atoms in total. The minimum Gasteiger partial charge on any atom is -0.303 e. The van der Waals surface area contributed by atoms with Crippen molar-refractivity contribution in [1.29, 1.82) is 0 Å². The van der Waals surface area contributed by atoms with Crippen LogP contribution in [0.5, 0.6) is 0 Å². The third-order valence-electron chi connectivity index (χ3n) is 5.06. The molecule has 1 saturated heterocycles. The standard InChI is InChI=1S/C16H17Cl2N3O/c1-20-5-2-3-9-14(20)4-6-21-15(9)19-13-8-12(18)11(17)7-10(13)16(21)22/h7-9,14H,2-6H2,1H3/t9-,14+/m1/s1. The summed E-state index contributed by atoms with van der Waals surface area (Å²) in [6.07, 6.45) is 3.24. The van der Waals surface area contributed by atoms with Gasteiger partial charge < -0.3 is 4.90 Å². The lowest BCUT2D eigenvalue weighted by atomic mass is 9.84. The summed E-state index contributed by atoms with van der Waals surface area (Å²) >= 11 is 12.2. The highest BCUT2D eigenvalue weighted by Gasteiger charge is 2.36. The fourth-order valence-electron chi connectivity index (χ4n) is 3.94.